The van der Waals surface area contributed by atoms with Crippen LogP contribution in [-0.4, -0.2) is 22.6 Å². The molecule has 0 amide bonds. The molecule has 0 aliphatic heterocycles. The highest BCUT2D eigenvalue weighted by atomic mass is 79.9. The SMILES string of the molecule is CCCO/N=C(\CBr)c1cccc(Oc2ccccn2)c1. The monoisotopic (exact) mass is 348 g/mol. The molecular formula is C16H17BrN2O2. The van der Waals surface area contributed by atoms with E-state index < -0.39 is 0 Å². The van der Waals surface area contributed by atoms with Crippen molar-refractivity contribution < 1.29 is 9.57 Å². The van der Waals surface area contributed by atoms with Crippen molar-refractivity contribution in [2.45, 2.75) is 13.3 Å². The maximum Gasteiger partial charge on any atom is 0.219 e. The average Bonchev–Trinajstić information content (AvgIpc) is 2.53. The van der Waals surface area contributed by atoms with Crippen LogP contribution in [0.5, 0.6) is 11.6 Å². The van der Waals surface area contributed by atoms with Gasteiger partial charge in [-0.25, -0.2) is 4.98 Å². The molecule has 2 rings (SSSR count). The molecule has 0 saturated heterocycles. The van der Waals surface area contributed by atoms with Gasteiger partial charge >= 0.3 is 0 Å². The van der Waals surface area contributed by atoms with Gasteiger partial charge in [-0.1, -0.05) is 46.2 Å². The zero-order valence-electron chi connectivity index (χ0n) is 11.8. The predicted molar refractivity (Wildman–Crippen MR) is 87.3 cm³/mol. The van der Waals surface area contributed by atoms with Crippen LogP contribution in [0.25, 0.3) is 0 Å². The molecule has 0 unspecified atom stereocenters. The van der Waals surface area contributed by atoms with Crippen LogP contribution >= 0.6 is 15.9 Å². The number of aromatic nitrogens is 1. The first-order valence-electron chi connectivity index (χ1n) is 6.77. The highest BCUT2D eigenvalue weighted by Gasteiger charge is 2.06. The Morgan fingerprint density at radius 2 is 2.14 bits per heavy atom. The molecule has 0 fully saturated rings. The smallest absolute Gasteiger partial charge is 0.219 e. The van der Waals surface area contributed by atoms with Crippen LogP contribution in [0.15, 0.2) is 53.8 Å². The van der Waals surface area contributed by atoms with Gasteiger partial charge in [0.25, 0.3) is 0 Å². The van der Waals surface area contributed by atoms with Crippen molar-refractivity contribution in [1.29, 1.82) is 0 Å². The van der Waals surface area contributed by atoms with Gasteiger partial charge < -0.3 is 9.57 Å². The van der Waals surface area contributed by atoms with Gasteiger partial charge in [-0.3, -0.25) is 0 Å². The van der Waals surface area contributed by atoms with Gasteiger partial charge in [0.15, 0.2) is 0 Å². The van der Waals surface area contributed by atoms with Crippen LogP contribution in [0.3, 0.4) is 0 Å². The fraction of sp³-hybridized carbons (Fsp3) is 0.250. The minimum absolute atomic E-state index is 0.564. The third-order valence-electron chi connectivity index (χ3n) is 2.62. The number of hydrogen-bond donors (Lipinski definition) is 0. The molecule has 4 nitrogen and oxygen atoms in total. The summed E-state index contributed by atoms with van der Waals surface area (Å²) in [5.74, 6) is 1.28. The molecule has 21 heavy (non-hydrogen) atoms. The van der Waals surface area contributed by atoms with Gasteiger partial charge in [0, 0.05) is 23.2 Å². The van der Waals surface area contributed by atoms with Gasteiger partial charge in [-0.15, -0.1) is 0 Å². The Labute approximate surface area is 132 Å². The summed E-state index contributed by atoms with van der Waals surface area (Å²) in [4.78, 5) is 9.40. The second-order valence-electron chi connectivity index (χ2n) is 4.30. The van der Waals surface area contributed by atoms with Crippen LogP contribution in [-0.2, 0) is 4.84 Å². The summed E-state index contributed by atoms with van der Waals surface area (Å²) < 4.78 is 5.72. The number of alkyl halides is 1. The minimum atomic E-state index is 0.564. The van der Waals surface area contributed by atoms with Crippen molar-refractivity contribution in [2.75, 3.05) is 11.9 Å². The second kappa shape index (κ2) is 8.42. The van der Waals surface area contributed by atoms with Crippen LogP contribution < -0.4 is 4.74 Å². The summed E-state index contributed by atoms with van der Waals surface area (Å²) in [7, 11) is 0. The molecule has 0 radical (unpaired) electrons. The van der Waals surface area contributed by atoms with E-state index in [0.29, 0.717) is 17.8 Å². The highest BCUT2D eigenvalue weighted by Crippen LogP contribution is 2.20. The Morgan fingerprint density at radius 3 is 2.86 bits per heavy atom. The first-order valence-corrected chi connectivity index (χ1v) is 7.89. The predicted octanol–water partition coefficient (Wildman–Crippen LogP) is 4.40. The molecule has 0 spiro atoms. The van der Waals surface area contributed by atoms with E-state index in [2.05, 4.69) is 26.1 Å². The zero-order valence-corrected chi connectivity index (χ0v) is 13.4. The first-order chi connectivity index (χ1) is 10.3. The summed E-state index contributed by atoms with van der Waals surface area (Å²) >= 11 is 3.43. The minimum Gasteiger partial charge on any atom is -0.439 e. The van der Waals surface area contributed by atoms with Crippen molar-refractivity contribution in [1.82, 2.24) is 4.98 Å². The van der Waals surface area contributed by atoms with E-state index in [1.54, 1.807) is 6.20 Å². The number of nitrogens with zero attached hydrogens (tertiary/aromatic N) is 2. The van der Waals surface area contributed by atoms with Gasteiger partial charge in [-0.05, 0) is 24.6 Å². The molecule has 1 aromatic carbocycles. The van der Waals surface area contributed by atoms with Gasteiger partial charge in [0.05, 0.1) is 5.71 Å². The fourth-order valence-electron chi connectivity index (χ4n) is 1.64. The summed E-state index contributed by atoms with van der Waals surface area (Å²) in [6.45, 7) is 2.66. The summed E-state index contributed by atoms with van der Waals surface area (Å²) in [6.07, 6.45) is 2.63. The molecular weight excluding hydrogens is 332 g/mol. The Kier molecular flexibility index (Phi) is 6.22. The normalized spacial score (nSPS) is 11.2. The quantitative estimate of drug-likeness (QED) is 0.322. The first kappa shape index (κ1) is 15.5. The highest BCUT2D eigenvalue weighted by molar-refractivity contribution is 9.09. The van der Waals surface area contributed by atoms with Crippen LogP contribution in [0.2, 0.25) is 0 Å². The molecule has 0 atom stereocenters. The lowest BCUT2D eigenvalue weighted by atomic mass is 10.1. The van der Waals surface area contributed by atoms with Gasteiger partial charge in [0.1, 0.15) is 12.4 Å². The number of pyridine rings is 1. The molecule has 0 bridgehead atoms. The molecule has 0 N–H and O–H groups in total. The van der Waals surface area contributed by atoms with Crippen LogP contribution in [0.1, 0.15) is 18.9 Å². The fourth-order valence-corrected chi connectivity index (χ4v) is 2.06. The Bertz CT molecular complexity index is 588. The van der Waals surface area contributed by atoms with E-state index in [1.165, 1.54) is 0 Å². The largest absolute Gasteiger partial charge is 0.439 e. The number of oxime groups is 1. The molecule has 110 valence electrons. The van der Waals surface area contributed by atoms with E-state index >= 15 is 0 Å². The summed E-state index contributed by atoms with van der Waals surface area (Å²) in [5.41, 5.74) is 1.78. The lowest BCUT2D eigenvalue weighted by Gasteiger charge is -2.07. The van der Waals surface area contributed by atoms with Crippen LogP contribution in [0, 0.1) is 0 Å². The standard InChI is InChI=1S/C16H17BrN2O2/c1-2-10-20-19-15(12-17)13-6-5-7-14(11-13)21-16-8-3-4-9-18-16/h3-9,11H,2,10,12H2,1H3/b19-15+. The number of rotatable bonds is 7. The second-order valence-corrected chi connectivity index (χ2v) is 4.86. The van der Waals surface area contributed by atoms with E-state index in [0.717, 1.165) is 23.4 Å². The van der Waals surface area contributed by atoms with Crippen molar-refractivity contribution in [2.24, 2.45) is 5.16 Å². The van der Waals surface area contributed by atoms with Crippen molar-refractivity contribution in [3.05, 3.63) is 54.2 Å². The zero-order chi connectivity index (χ0) is 14.9. The molecule has 0 aliphatic rings. The van der Waals surface area contributed by atoms with E-state index in [4.69, 9.17) is 9.57 Å². The third kappa shape index (κ3) is 4.86. The molecule has 5 heteroatoms. The molecule has 2 aromatic rings. The lowest BCUT2D eigenvalue weighted by Crippen LogP contribution is -2.04. The third-order valence-corrected chi connectivity index (χ3v) is 3.16. The van der Waals surface area contributed by atoms with Crippen molar-refractivity contribution in [3.63, 3.8) is 0 Å². The van der Waals surface area contributed by atoms with E-state index in [-0.39, 0.29) is 0 Å². The Hall–Kier alpha value is -1.88. The molecule has 1 heterocycles. The van der Waals surface area contributed by atoms with E-state index in [1.807, 2.05) is 49.4 Å². The van der Waals surface area contributed by atoms with Gasteiger partial charge in [0.2, 0.25) is 5.88 Å². The van der Waals surface area contributed by atoms with Crippen molar-refractivity contribution >= 4 is 21.6 Å². The summed E-state index contributed by atoms with van der Waals surface area (Å²) in [6, 6.07) is 13.3. The van der Waals surface area contributed by atoms with Crippen LogP contribution in [0.4, 0.5) is 0 Å². The number of hydrogen-bond acceptors (Lipinski definition) is 4. The number of benzene rings is 1. The number of ether oxygens (including phenoxy) is 1. The maximum absolute atomic E-state index is 5.72. The number of halogens is 1. The lowest BCUT2D eigenvalue weighted by molar-refractivity contribution is 0.145. The molecule has 1 aromatic heterocycles. The maximum atomic E-state index is 5.72. The van der Waals surface area contributed by atoms with Gasteiger partial charge in [-0.2, -0.15) is 0 Å². The average molecular weight is 349 g/mol. The van der Waals surface area contributed by atoms with Crippen molar-refractivity contribution in [3.8, 4) is 11.6 Å². The summed E-state index contributed by atoms with van der Waals surface area (Å²) in [5, 5.41) is 4.76. The molecule has 0 saturated carbocycles. The Balaban J connectivity index is 2.14. The Morgan fingerprint density at radius 1 is 1.24 bits per heavy atom. The van der Waals surface area contributed by atoms with E-state index in [9.17, 15) is 0 Å². The topological polar surface area (TPSA) is 43.7 Å². The molecule has 0 aliphatic carbocycles.